The lowest BCUT2D eigenvalue weighted by Crippen LogP contribution is -2.12. The molecule has 23 heavy (non-hydrogen) atoms. The first-order chi connectivity index (χ1) is 11.0. The summed E-state index contributed by atoms with van der Waals surface area (Å²) >= 11 is 0. The van der Waals surface area contributed by atoms with Crippen molar-refractivity contribution in [2.45, 2.75) is 19.4 Å². The van der Waals surface area contributed by atoms with Crippen LogP contribution in [0.25, 0.3) is 10.9 Å². The number of fused-ring (bicyclic) bond motifs is 1. The molecule has 0 fully saturated rings. The number of aryl methyl sites for hydroxylation is 2. The number of carbonyl (C=O) groups excluding carboxylic acids is 1. The van der Waals surface area contributed by atoms with Crippen LogP contribution >= 0.6 is 0 Å². The van der Waals surface area contributed by atoms with E-state index in [0.717, 1.165) is 10.9 Å². The number of nitrogens with zero attached hydrogens (tertiary/aromatic N) is 4. The molecule has 0 unspecified atom stereocenters. The highest BCUT2D eigenvalue weighted by Gasteiger charge is 2.12. The molecule has 1 amide bonds. The average molecular weight is 314 g/mol. The van der Waals surface area contributed by atoms with Gasteiger partial charge in [-0.1, -0.05) is 5.16 Å². The third-order valence-corrected chi connectivity index (χ3v) is 3.47. The molecule has 0 aliphatic heterocycles. The van der Waals surface area contributed by atoms with Crippen LogP contribution < -0.4 is 5.73 Å². The van der Waals surface area contributed by atoms with E-state index in [9.17, 15) is 4.79 Å². The highest BCUT2D eigenvalue weighted by atomic mass is 16.5. The molecule has 0 aliphatic carbocycles. The largest absolute Gasteiger partial charge is 0.366 e. The molecule has 3 N–H and O–H groups in total. The van der Waals surface area contributed by atoms with Gasteiger partial charge < -0.3 is 15.2 Å². The van der Waals surface area contributed by atoms with E-state index in [1.165, 1.54) is 0 Å². The van der Waals surface area contributed by atoms with Crippen molar-refractivity contribution < 1.29 is 9.32 Å². The minimum absolute atomic E-state index is 0.439. The number of benzene rings is 1. The summed E-state index contributed by atoms with van der Waals surface area (Å²) in [7, 11) is 3.89. The van der Waals surface area contributed by atoms with Crippen LogP contribution in [0, 0.1) is 0 Å². The number of primary amides is 1. The lowest BCUT2D eigenvalue weighted by Gasteiger charge is -2.04. The summed E-state index contributed by atoms with van der Waals surface area (Å²) in [4.78, 5) is 17.9. The van der Waals surface area contributed by atoms with Crippen molar-refractivity contribution in [2.75, 3.05) is 14.1 Å². The number of hydrogen-bond acceptors (Lipinski definition) is 6. The van der Waals surface area contributed by atoms with Crippen LogP contribution in [0.1, 0.15) is 27.6 Å². The van der Waals surface area contributed by atoms with Gasteiger partial charge in [0.05, 0.1) is 23.8 Å². The first-order valence-corrected chi connectivity index (χ1v) is 7.25. The van der Waals surface area contributed by atoms with Gasteiger partial charge in [0.1, 0.15) is 0 Å². The van der Waals surface area contributed by atoms with Crippen LogP contribution in [0.5, 0.6) is 0 Å². The number of H-pyrrole nitrogens is 1. The van der Waals surface area contributed by atoms with Crippen molar-refractivity contribution in [3.63, 3.8) is 0 Å². The van der Waals surface area contributed by atoms with Crippen LogP contribution in [-0.2, 0) is 19.4 Å². The summed E-state index contributed by atoms with van der Waals surface area (Å²) in [5, 5.41) is 11.5. The summed E-state index contributed by atoms with van der Waals surface area (Å²) in [5.41, 5.74) is 7.50. The van der Waals surface area contributed by atoms with Gasteiger partial charge in [-0.15, -0.1) is 0 Å². The second kappa shape index (κ2) is 6.17. The fourth-order valence-corrected chi connectivity index (χ4v) is 2.45. The van der Waals surface area contributed by atoms with Crippen LogP contribution in [0.4, 0.5) is 0 Å². The molecule has 2 heterocycles. The Bertz CT molecular complexity index is 835. The third kappa shape index (κ3) is 3.37. The fourth-order valence-electron chi connectivity index (χ4n) is 2.45. The maximum atomic E-state index is 11.6. The molecule has 0 saturated carbocycles. The van der Waals surface area contributed by atoms with Crippen LogP contribution in [-0.4, -0.2) is 45.2 Å². The van der Waals surface area contributed by atoms with E-state index in [0.29, 0.717) is 42.2 Å². The quantitative estimate of drug-likeness (QED) is 0.698. The summed E-state index contributed by atoms with van der Waals surface area (Å²) in [5.74, 6) is 0.759. The Morgan fingerprint density at radius 2 is 2.17 bits per heavy atom. The first-order valence-electron chi connectivity index (χ1n) is 7.25. The van der Waals surface area contributed by atoms with E-state index in [1.54, 1.807) is 12.3 Å². The van der Waals surface area contributed by atoms with Crippen molar-refractivity contribution in [2.24, 2.45) is 5.73 Å². The summed E-state index contributed by atoms with van der Waals surface area (Å²) in [6.07, 6.45) is 2.94. The monoisotopic (exact) mass is 314 g/mol. The van der Waals surface area contributed by atoms with Crippen molar-refractivity contribution in [1.82, 2.24) is 25.2 Å². The predicted octanol–water partition coefficient (Wildman–Crippen LogP) is 0.892. The van der Waals surface area contributed by atoms with Crippen LogP contribution in [0.2, 0.25) is 0 Å². The second-order valence-corrected chi connectivity index (χ2v) is 5.68. The number of hydrogen-bond donors (Lipinski definition) is 2. The Labute approximate surface area is 132 Å². The number of aromatic nitrogens is 4. The topological polar surface area (TPSA) is 114 Å². The van der Waals surface area contributed by atoms with Crippen molar-refractivity contribution >= 4 is 16.8 Å². The van der Waals surface area contributed by atoms with Crippen molar-refractivity contribution in [3.05, 3.63) is 41.2 Å². The molecule has 8 heteroatoms. The average Bonchev–Trinajstić information content (AvgIpc) is 3.12. The van der Waals surface area contributed by atoms with Crippen molar-refractivity contribution in [1.29, 1.82) is 0 Å². The Hall–Kier alpha value is -2.74. The van der Waals surface area contributed by atoms with Gasteiger partial charge in [-0.05, 0) is 38.2 Å². The molecule has 3 aromatic rings. The maximum absolute atomic E-state index is 11.6. The number of nitrogens with one attached hydrogen (secondary N) is 1. The minimum Gasteiger partial charge on any atom is -0.366 e. The van der Waals surface area contributed by atoms with Gasteiger partial charge >= 0.3 is 0 Å². The van der Waals surface area contributed by atoms with Gasteiger partial charge in [0.25, 0.3) is 5.91 Å². The van der Waals surface area contributed by atoms with Crippen LogP contribution in [0.3, 0.4) is 0 Å². The standard InChI is InChI=1S/C15H18N6O2/c1-21(2)8-12-18-13(23-20-12)4-3-9-5-10-7-17-19-14(10)11(6-9)15(16)22/h5-7H,3-4,8H2,1-2H3,(H2,16,22)(H,17,19). The molecule has 8 nitrogen and oxygen atoms in total. The molecule has 1 aromatic carbocycles. The summed E-state index contributed by atoms with van der Waals surface area (Å²) < 4.78 is 5.24. The molecule has 0 bridgehead atoms. The zero-order valence-corrected chi connectivity index (χ0v) is 13.0. The normalized spacial score (nSPS) is 11.4. The molecule has 3 rings (SSSR count). The number of nitrogens with two attached hydrogens (primary N) is 1. The maximum Gasteiger partial charge on any atom is 0.250 e. The second-order valence-electron chi connectivity index (χ2n) is 5.68. The Kier molecular flexibility index (Phi) is 4.07. The molecule has 0 spiro atoms. The summed E-state index contributed by atoms with van der Waals surface area (Å²) in [6.45, 7) is 0.635. The molecule has 0 saturated heterocycles. The van der Waals surface area contributed by atoms with Crippen LogP contribution in [0.15, 0.2) is 22.9 Å². The lowest BCUT2D eigenvalue weighted by molar-refractivity contribution is 0.100. The molecular weight excluding hydrogens is 296 g/mol. The van der Waals surface area contributed by atoms with E-state index in [4.69, 9.17) is 10.3 Å². The smallest absolute Gasteiger partial charge is 0.250 e. The van der Waals surface area contributed by atoms with Gasteiger partial charge in [-0.3, -0.25) is 9.89 Å². The highest BCUT2D eigenvalue weighted by Crippen LogP contribution is 2.19. The number of carbonyl (C=O) groups is 1. The van der Waals surface area contributed by atoms with E-state index in [1.807, 2.05) is 25.1 Å². The number of aromatic amines is 1. The van der Waals surface area contributed by atoms with E-state index in [-0.39, 0.29) is 0 Å². The third-order valence-electron chi connectivity index (χ3n) is 3.47. The van der Waals surface area contributed by atoms with Gasteiger partial charge in [-0.25, -0.2) is 0 Å². The van der Waals surface area contributed by atoms with Gasteiger partial charge in [-0.2, -0.15) is 10.1 Å². The summed E-state index contributed by atoms with van der Waals surface area (Å²) in [6, 6.07) is 3.75. The molecule has 120 valence electrons. The van der Waals surface area contributed by atoms with E-state index < -0.39 is 5.91 Å². The lowest BCUT2D eigenvalue weighted by atomic mass is 10.0. The predicted molar refractivity (Wildman–Crippen MR) is 83.7 cm³/mol. The molecule has 0 aliphatic rings. The SMILES string of the molecule is CN(C)Cc1noc(CCc2cc(C(N)=O)c3[nH]ncc3c2)n1. The highest BCUT2D eigenvalue weighted by molar-refractivity contribution is 6.04. The minimum atomic E-state index is -0.479. The fraction of sp³-hybridized carbons (Fsp3) is 0.333. The number of amides is 1. The first kappa shape index (κ1) is 15.2. The Balaban J connectivity index is 1.76. The zero-order chi connectivity index (χ0) is 16.4. The van der Waals surface area contributed by atoms with Gasteiger partial charge in [0, 0.05) is 11.8 Å². The number of rotatable bonds is 6. The molecule has 0 radical (unpaired) electrons. The zero-order valence-electron chi connectivity index (χ0n) is 13.0. The Morgan fingerprint density at radius 3 is 2.91 bits per heavy atom. The Morgan fingerprint density at radius 1 is 1.35 bits per heavy atom. The van der Waals surface area contributed by atoms with Gasteiger partial charge in [0.2, 0.25) is 5.89 Å². The van der Waals surface area contributed by atoms with E-state index in [2.05, 4.69) is 20.3 Å². The molecule has 2 aromatic heterocycles. The van der Waals surface area contributed by atoms with E-state index >= 15 is 0 Å². The molecule has 0 atom stereocenters. The van der Waals surface area contributed by atoms with Gasteiger partial charge in [0.15, 0.2) is 5.82 Å². The molecular formula is C15H18N6O2. The van der Waals surface area contributed by atoms with Crippen molar-refractivity contribution in [3.8, 4) is 0 Å².